The number of aryl methyl sites for hydroxylation is 1. The summed E-state index contributed by atoms with van der Waals surface area (Å²) in [4.78, 5) is 28.8. The quantitative estimate of drug-likeness (QED) is 0.849. The largest absolute Gasteiger partial charge is 0.369 e. The zero-order valence-electron chi connectivity index (χ0n) is 11.6. The van der Waals surface area contributed by atoms with Crippen LogP contribution in [0.5, 0.6) is 0 Å². The lowest BCUT2D eigenvalue weighted by molar-refractivity contribution is -0.121. The second-order valence-corrected chi connectivity index (χ2v) is 5.59. The van der Waals surface area contributed by atoms with Gasteiger partial charge in [0.15, 0.2) is 0 Å². The number of nitrogens with two attached hydrogens (primary N) is 1. The van der Waals surface area contributed by atoms with Gasteiger partial charge in [0.2, 0.25) is 5.91 Å². The molecular weight excluding hydrogens is 254 g/mol. The lowest BCUT2D eigenvalue weighted by Crippen LogP contribution is -2.39. The van der Waals surface area contributed by atoms with Gasteiger partial charge in [-0.3, -0.25) is 14.2 Å². The van der Waals surface area contributed by atoms with Crippen molar-refractivity contribution in [2.24, 2.45) is 11.7 Å². The molecule has 0 spiro atoms. The summed E-state index contributed by atoms with van der Waals surface area (Å²) >= 11 is 0. The van der Waals surface area contributed by atoms with E-state index in [1.807, 2.05) is 32.0 Å². The molecule has 1 amide bonds. The third-order valence-corrected chi connectivity index (χ3v) is 4.10. The van der Waals surface area contributed by atoms with Crippen LogP contribution >= 0.6 is 0 Å². The second kappa shape index (κ2) is 4.44. The fraction of sp³-hybridized carbons (Fsp3) is 0.400. The Morgan fingerprint density at radius 1 is 1.45 bits per heavy atom. The Labute approximate surface area is 116 Å². The van der Waals surface area contributed by atoms with E-state index >= 15 is 0 Å². The summed E-state index contributed by atoms with van der Waals surface area (Å²) < 4.78 is 1.61. The highest BCUT2D eigenvalue weighted by molar-refractivity contribution is 5.83. The van der Waals surface area contributed by atoms with Crippen LogP contribution in [0.3, 0.4) is 0 Å². The van der Waals surface area contributed by atoms with E-state index in [1.54, 1.807) is 4.57 Å². The van der Waals surface area contributed by atoms with Crippen LogP contribution in [0.25, 0.3) is 10.9 Å². The third kappa shape index (κ3) is 1.81. The van der Waals surface area contributed by atoms with Crippen molar-refractivity contribution in [1.82, 2.24) is 9.55 Å². The number of carbonyl (C=O) groups is 1. The van der Waals surface area contributed by atoms with Crippen LogP contribution in [-0.2, 0) is 11.3 Å². The van der Waals surface area contributed by atoms with Crippen molar-refractivity contribution in [3.63, 3.8) is 0 Å². The summed E-state index contributed by atoms with van der Waals surface area (Å²) in [7, 11) is 0. The van der Waals surface area contributed by atoms with Gasteiger partial charge < -0.3 is 5.73 Å². The van der Waals surface area contributed by atoms with Crippen molar-refractivity contribution in [3.8, 4) is 0 Å². The zero-order valence-corrected chi connectivity index (χ0v) is 11.6. The van der Waals surface area contributed by atoms with Crippen LogP contribution in [0.2, 0.25) is 0 Å². The molecule has 2 heterocycles. The summed E-state index contributed by atoms with van der Waals surface area (Å²) in [6.45, 7) is 4.51. The number of hydrogen-bond acceptors (Lipinski definition) is 3. The van der Waals surface area contributed by atoms with Crippen LogP contribution in [0.15, 0.2) is 23.0 Å². The highest BCUT2D eigenvalue weighted by atomic mass is 16.1. The van der Waals surface area contributed by atoms with Gasteiger partial charge in [-0.2, -0.15) is 0 Å². The van der Waals surface area contributed by atoms with E-state index in [-0.39, 0.29) is 11.5 Å². The Morgan fingerprint density at radius 3 is 2.90 bits per heavy atom. The predicted molar refractivity (Wildman–Crippen MR) is 76.5 cm³/mol. The van der Waals surface area contributed by atoms with Crippen molar-refractivity contribution >= 4 is 16.8 Å². The van der Waals surface area contributed by atoms with Crippen molar-refractivity contribution in [1.29, 1.82) is 0 Å². The van der Waals surface area contributed by atoms with Crippen LogP contribution < -0.4 is 11.3 Å². The van der Waals surface area contributed by atoms with Gasteiger partial charge >= 0.3 is 0 Å². The smallest absolute Gasteiger partial charge is 0.261 e. The highest BCUT2D eigenvalue weighted by Crippen LogP contribution is 2.30. The SMILES string of the molecule is Cc1ccc2nc3n(c(=O)c2c1)CC[C@H](C)[C@@H]3C(N)=O. The molecule has 3 rings (SSSR count). The summed E-state index contributed by atoms with van der Waals surface area (Å²) in [5.41, 5.74) is 7.07. The maximum Gasteiger partial charge on any atom is 0.261 e. The number of benzene rings is 1. The molecule has 0 radical (unpaired) electrons. The minimum Gasteiger partial charge on any atom is -0.369 e. The normalized spacial score (nSPS) is 21.7. The first-order chi connectivity index (χ1) is 9.49. The van der Waals surface area contributed by atoms with Gasteiger partial charge in [-0.05, 0) is 31.4 Å². The van der Waals surface area contributed by atoms with Crippen LogP contribution in [-0.4, -0.2) is 15.5 Å². The van der Waals surface area contributed by atoms with E-state index in [1.165, 1.54) is 0 Å². The minimum absolute atomic E-state index is 0.0770. The van der Waals surface area contributed by atoms with Crippen LogP contribution in [0, 0.1) is 12.8 Å². The summed E-state index contributed by atoms with van der Waals surface area (Å²) in [6.07, 6.45) is 0.763. The molecule has 2 atom stereocenters. The average molecular weight is 271 g/mol. The molecule has 104 valence electrons. The van der Waals surface area contributed by atoms with E-state index in [0.717, 1.165) is 12.0 Å². The molecule has 2 aromatic rings. The molecule has 2 N–H and O–H groups in total. The van der Waals surface area contributed by atoms with Crippen molar-refractivity contribution in [2.45, 2.75) is 32.7 Å². The first-order valence-corrected chi connectivity index (χ1v) is 6.79. The molecule has 0 saturated heterocycles. The molecule has 1 aliphatic heterocycles. The zero-order chi connectivity index (χ0) is 14.4. The summed E-state index contributed by atoms with van der Waals surface area (Å²) in [6, 6.07) is 5.58. The van der Waals surface area contributed by atoms with Crippen molar-refractivity contribution in [3.05, 3.63) is 39.9 Å². The summed E-state index contributed by atoms with van der Waals surface area (Å²) in [5, 5.41) is 0.603. The Balaban J connectivity index is 2.34. The van der Waals surface area contributed by atoms with Gasteiger partial charge in [0, 0.05) is 6.54 Å². The van der Waals surface area contributed by atoms with Gasteiger partial charge in [0.05, 0.1) is 16.8 Å². The van der Waals surface area contributed by atoms with Gasteiger partial charge in [0.1, 0.15) is 5.82 Å². The van der Waals surface area contributed by atoms with Gasteiger partial charge in [0.25, 0.3) is 5.56 Å². The third-order valence-electron chi connectivity index (χ3n) is 4.10. The molecule has 5 heteroatoms. The lowest BCUT2D eigenvalue weighted by Gasteiger charge is -2.29. The molecular formula is C15H17N3O2. The number of nitrogens with zero attached hydrogens (tertiary/aromatic N) is 2. The predicted octanol–water partition coefficient (Wildman–Crippen LogP) is 1.31. The summed E-state index contributed by atoms with van der Waals surface area (Å²) in [5.74, 6) is -0.272. The number of primary amides is 1. The molecule has 1 aromatic carbocycles. The number of rotatable bonds is 1. The topological polar surface area (TPSA) is 78.0 Å². The fourth-order valence-electron chi connectivity index (χ4n) is 2.97. The number of amides is 1. The van der Waals surface area contributed by atoms with Crippen molar-refractivity contribution in [2.75, 3.05) is 0 Å². The Bertz CT molecular complexity index is 764. The lowest BCUT2D eigenvalue weighted by atomic mass is 9.86. The second-order valence-electron chi connectivity index (χ2n) is 5.59. The molecule has 20 heavy (non-hydrogen) atoms. The molecule has 1 aromatic heterocycles. The monoisotopic (exact) mass is 271 g/mol. The number of hydrogen-bond donors (Lipinski definition) is 1. The fourth-order valence-corrected chi connectivity index (χ4v) is 2.97. The van der Waals surface area contributed by atoms with Crippen LogP contribution in [0.1, 0.15) is 30.7 Å². The molecule has 0 aliphatic carbocycles. The Morgan fingerprint density at radius 2 is 2.20 bits per heavy atom. The molecule has 0 fully saturated rings. The first kappa shape index (κ1) is 12.8. The Hall–Kier alpha value is -2.17. The van der Waals surface area contributed by atoms with E-state index in [2.05, 4.69) is 4.98 Å². The van der Waals surface area contributed by atoms with Crippen molar-refractivity contribution < 1.29 is 4.79 Å². The van der Waals surface area contributed by atoms with Gasteiger partial charge in [-0.1, -0.05) is 18.6 Å². The van der Waals surface area contributed by atoms with E-state index in [9.17, 15) is 9.59 Å². The molecule has 0 bridgehead atoms. The Kier molecular flexibility index (Phi) is 2.85. The molecule has 5 nitrogen and oxygen atoms in total. The number of fused-ring (bicyclic) bond motifs is 2. The van der Waals surface area contributed by atoms with Crippen LogP contribution in [0.4, 0.5) is 0 Å². The van der Waals surface area contributed by atoms with Gasteiger partial charge in [-0.15, -0.1) is 0 Å². The van der Waals surface area contributed by atoms with E-state index in [4.69, 9.17) is 5.73 Å². The number of aromatic nitrogens is 2. The average Bonchev–Trinajstić information content (AvgIpc) is 2.39. The number of carbonyl (C=O) groups excluding carboxylic acids is 1. The first-order valence-electron chi connectivity index (χ1n) is 6.79. The standard InChI is InChI=1S/C15H17N3O2/c1-8-3-4-11-10(7-8)15(20)18-6-5-9(2)12(13(16)19)14(18)17-11/h3-4,7,9,12H,5-6H2,1-2H3,(H2,16,19)/t9-,12+/m0/s1. The highest BCUT2D eigenvalue weighted by Gasteiger charge is 2.33. The maximum absolute atomic E-state index is 12.6. The molecule has 1 aliphatic rings. The van der Waals surface area contributed by atoms with E-state index < -0.39 is 11.8 Å². The van der Waals surface area contributed by atoms with Gasteiger partial charge in [-0.25, -0.2) is 4.98 Å². The molecule has 0 saturated carbocycles. The van der Waals surface area contributed by atoms with E-state index in [0.29, 0.717) is 23.3 Å². The minimum atomic E-state index is -0.484. The maximum atomic E-state index is 12.6. The molecule has 0 unspecified atom stereocenters.